The number of hydrogen-bond acceptors (Lipinski definition) is 4. The number of aliphatic hydroxyl groups excluding tert-OH is 2. The molecular formula is C18H30O4. The van der Waals surface area contributed by atoms with E-state index in [1.807, 2.05) is 0 Å². The van der Waals surface area contributed by atoms with Gasteiger partial charge in [-0.15, -0.1) is 0 Å². The van der Waals surface area contributed by atoms with Gasteiger partial charge in [0, 0.05) is 5.92 Å². The molecule has 0 heterocycles. The second kappa shape index (κ2) is 8.21. The van der Waals surface area contributed by atoms with Gasteiger partial charge in [0.2, 0.25) is 0 Å². The summed E-state index contributed by atoms with van der Waals surface area (Å²) >= 11 is 0. The Kier molecular flexibility index (Phi) is 6.57. The fraction of sp³-hybridized carbons (Fsp3) is 0.889. The highest BCUT2D eigenvalue weighted by Crippen LogP contribution is 2.42. The third-order valence-corrected chi connectivity index (χ3v) is 5.97. The predicted molar refractivity (Wildman–Crippen MR) is 84.3 cm³/mol. The summed E-state index contributed by atoms with van der Waals surface area (Å²) in [6.45, 7) is 2.11. The van der Waals surface area contributed by atoms with Gasteiger partial charge in [-0.25, -0.2) is 0 Å². The maximum atomic E-state index is 12.3. The minimum atomic E-state index is -0.251. The number of aldehydes is 1. The number of aliphatic hydroxyl groups is 2. The summed E-state index contributed by atoms with van der Waals surface area (Å²) in [4.78, 5) is 23.5. The Morgan fingerprint density at radius 3 is 1.82 bits per heavy atom. The third kappa shape index (κ3) is 4.17. The first-order valence-corrected chi connectivity index (χ1v) is 8.91. The molecule has 0 spiro atoms. The predicted octanol–water partition coefficient (Wildman–Crippen LogP) is 2.50. The van der Waals surface area contributed by atoms with Crippen LogP contribution in [0.3, 0.4) is 0 Å². The van der Waals surface area contributed by atoms with Crippen molar-refractivity contribution >= 4 is 12.1 Å². The van der Waals surface area contributed by atoms with Crippen molar-refractivity contribution in [1.82, 2.24) is 0 Å². The van der Waals surface area contributed by atoms with Gasteiger partial charge in [-0.2, -0.15) is 0 Å². The molecule has 0 saturated heterocycles. The molecule has 2 atom stereocenters. The first-order valence-electron chi connectivity index (χ1n) is 8.91. The Bertz CT molecular complexity index is 365. The minimum Gasteiger partial charge on any atom is -0.393 e. The average Bonchev–Trinajstić information content (AvgIpc) is 2.54. The van der Waals surface area contributed by atoms with Gasteiger partial charge in [0.05, 0.1) is 12.2 Å². The second-order valence-electron chi connectivity index (χ2n) is 7.26. The van der Waals surface area contributed by atoms with Crippen molar-refractivity contribution in [2.45, 2.75) is 76.9 Å². The van der Waals surface area contributed by atoms with E-state index in [0.717, 1.165) is 57.8 Å². The molecule has 4 nitrogen and oxygen atoms in total. The van der Waals surface area contributed by atoms with Gasteiger partial charge in [-0.05, 0) is 69.1 Å². The van der Waals surface area contributed by atoms with Gasteiger partial charge in [0.15, 0.2) is 12.1 Å². The number of rotatable bonds is 6. The third-order valence-electron chi connectivity index (χ3n) is 5.97. The van der Waals surface area contributed by atoms with E-state index in [9.17, 15) is 19.8 Å². The lowest BCUT2D eigenvalue weighted by molar-refractivity contribution is -0.137. The Balaban J connectivity index is 2.11. The zero-order chi connectivity index (χ0) is 16.1. The van der Waals surface area contributed by atoms with Crippen molar-refractivity contribution in [3.8, 4) is 0 Å². The Labute approximate surface area is 133 Å². The number of carbonyl (C=O) groups excluding carboxylic acids is 2. The van der Waals surface area contributed by atoms with Gasteiger partial charge < -0.3 is 10.2 Å². The van der Waals surface area contributed by atoms with E-state index in [1.54, 1.807) is 0 Å². The molecule has 2 saturated carbocycles. The summed E-state index contributed by atoms with van der Waals surface area (Å²) in [6.07, 6.45) is 7.69. The molecule has 0 amide bonds. The molecule has 22 heavy (non-hydrogen) atoms. The second-order valence-corrected chi connectivity index (χ2v) is 7.26. The molecule has 2 fully saturated rings. The van der Waals surface area contributed by atoms with Crippen LogP contribution in [0.2, 0.25) is 0 Å². The molecule has 2 aliphatic carbocycles. The molecule has 0 bridgehead atoms. The first-order chi connectivity index (χ1) is 10.6. The summed E-state index contributed by atoms with van der Waals surface area (Å²) < 4.78 is 0. The average molecular weight is 310 g/mol. The fourth-order valence-electron chi connectivity index (χ4n) is 4.74. The van der Waals surface area contributed by atoms with Gasteiger partial charge in [-0.3, -0.25) is 9.59 Å². The monoisotopic (exact) mass is 310 g/mol. The van der Waals surface area contributed by atoms with Gasteiger partial charge in [0.25, 0.3) is 0 Å². The van der Waals surface area contributed by atoms with E-state index in [4.69, 9.17) is 0 Å². The van der Waals surface area contributed by atoms with E-state index >= 15 is 0 Å². The standard InChI is InChI=1S/C18H30O4/c1-2-16(12-3-7-14(20)8-4-12)18(17(22)11-19)13-5-9-15(21)10-6-13/h11-16,18,20-21H,2-10H2,1H3. The molecule has 2 unspecified atom stereocenters. The van der Waals surface area contributed by atoms with E-state index < -0.39 is 0 Å². The minimum absolute atomic E-state index is 0.185. The summed E-state index contributed by atoms with van der Waals surface area (Å²) in [5, 5.41) is 19.4. The van der Waals surface area contributed by atoms with Crippen LogP contribution in [-0.4, -0.2) is 34.5 Å². The Morgan fingerprint density at radius 2 is 1.41 bits per heavy atom. The lowest BCUT2D eigenvalue weighted by Crippen LogP contribution is -2.39. The lowest BCUT2D eigenvalue weighted by atomic mass is 9.64. The van der Waals surface area contributed by atoms with Crippen molar-refractivity contribution in [3.05, 3.63) is 0 Å². The normalized spacial score (nSPS) is 35.6. The van der Waals surface area contributed by atoms with Crippen molar-refractivity contribution in [3.63, 3.8) is 0 Å². The number of ketones is 1. The maximum Gasteiger partial charge on any atom is 0.198 e. The van der Waals surface area contributed by atoms with Crippen molar-refractivity contribution in [2.75, 3.05) is 0 Å². The van der Waals surface area contributed by atoms with Crippen molar-refractivity contribution < 1.29 is 19.8 Å². The Hall–Kier alpha value is -0.740. The van der Waals surface area contributed by atoms with Crippen LogP contribution in [0.1, 0.15) is 64.7 Å². The molecule has 126 valence electrons. The van der Waals surface area contributed by atoms with E-state index in [-0.39, 0.29) is 35.7 Å². The van der Waals surface area contributed by atoms with Crippen LogP contribution in [0.4, 0.5) is 0 Å². The van der Waals surface area contributed by atoms with Gasteiger partial charge in [-0.1, -0.05) is 13.3 Å². The molecule has 0 aromatic rings. The quantitative estimate of drug-likeness (QED) is 0.584. The number of carbonyl (C=O) groups is 2. The molecular weight excluding hydrogens is 280 g/mol. The van der Waals surface area contributed by atoms with E-state index in [0.29, 0.717) is 12.2 Å². The van der Waals surface area contributed by atoms with Crippen molar-refractivity contribution in [2.24, 2.45) is 23.7 Å². The maximum absolute atomic E-state index is 12.3. The van der Waals surface area contributed by atoms with Crippen molar-refractivity contribution in [1.29, 1.82) is 0 Å². The molecule has 0 aromatic carbocycles. The van der Waals surface area contributed by atoms with Gasteiger partial charge >= 0.3 is 0 Å². The smallest absolute Gasteiger partial charge is 0.198 e. The topological polar surface area (TPSA) is 74.6 Å². The highest BCUT2D eigenvalue weighted by molar-refractivity contribution is 6.26. The van der Waals surface area contributed by atoms with E-state index in [2.05, 4.69) is 6.92 Å². The molecule has 2 aliphatic rings. The van der Waals surface area contributed by atoms with Crippen LogP contribution >= 0.6 is 0 Å². The summed E-state index contributed by atoms with van der Waals surface area (Å²) in [6, 6.07) is 0. The molecule has 0 aromatic heterocycles. The molecule has 2 rings (SSSR count). The molecule has 0 radical (unpaired) electrons. The first kappa shape index (κ1) is 17.6. The molecule has 2 N–H and O–H groups in total. The fourth-order valence-corrected chi connectivity index (χ4v) is 4.74. The van der Waals surface area contributed by atoms with Crippen LogP contribution in [0.5, 0.6) is 0 Å². The van der Waals surface area contributed by atoms with Crippen LogP contribution in [0.15, 0.2) is 0 Å². The number of Topliss-reactive ketones (excluding diaryl/α,β-unsaturated/α-hetero) is 1. The summed E-state index contributed by atoms with van der Waals surface area (Å²) in [5.74, 6) is 0.479. The highest BCUT2D eigenvalue weighted by Gasteiger charge is 2.40. The summed E-state index contributed by atoms with van der Waals surface area (Å²) in [5.41, 5.74) is 0. The SMILES string of the molecule is CCC(C1CCC(O)CC1)C(C(=O)C=O)C1CCC(O)CC1. The number of hydrogen-bond donors (Lipinski definition) is 2. The highest BCUT2D eigenvalue weighted by atomic mass is 16.3. The largest absolute Gasteiger partial charge is 0.393 e. The van der Waals surface area contributed by atoms with Gasteiger partial charge in [0.1, 0.15) is 0 Å². The zero-order valence-electron chi connectivity index (χ0n) is 13.6. The van der Waals surface area contributed by atoms with Crippen LogP contribution in [-0.2, 0) is 9.59 Å². The summed E-state index contributed by atoms with van der Waals surface area (Å²) in [7, 11) is 0. The van der Waals surface area contributed by atoms with Crippen LogP contribution in [0, 0.1) is 23.7 Å². The van der Waals surface area contributed by atoms with Crippen LogP contribution < -0.4 is 0 Å². The lowest BCUT2D eigenvalue weighted by Gasteiger charge is -2.40. The Morgan fingerprint density at radius 1 is 0.955 bits per heavy atom. The van der Waals surface area contributed by atoms with Crippen LogP contribution in [0.25, 0.3) is 0 Å². The molecule has 4 heteroatoms. The molecule has 0 aliphatic heterocycles. The van der Waals surface area contributed by atoms with E-state index in [1.165, 1.54) is 0 Å². The zero-order valence-corrected chi connectivity index (χ0v) is 13.6.